The van der Waals surface area contributed by atoms with E-state index < -0.39 is 0 Å². The summed E-state index contributed by atoms with van der Waals surface area (Å²) in [5.41, 5.74) is 0. The van der Waals surface area contributed by atoms with Crippen molar-refractivity contribution in [3.63, 3.8) is 0 Å². The van der Waals surface area contributed by atoms with Crippen LogP contribution >= 0.6 is 0 Å². The Hall–Kier alpha value is -1.59. The molecular formula is C16H30N6. The SMILES string of the molecule is CCc1nc2n(n1)CC(NC(=NC)NCC(CC)CC)CC2. The van der Waals surface area contributed by atoms with Gasteiger partial charge in [0.25, 0.3) is 0 Å². The van der Waals surface area contributed by atoms with E-state index in [1.807, 2.05) is 11.7 Å². The number of hydrogen-bond acceptors (Lipinski definition) is 3. The average molecular weight is 306 g/mol. The summed E-state index contributed by atoms with van der Waals surface area (Å²) in [5.74, 6) is 3.68. The van der Waals surface area contributed by atoms with E-state index in [-0.39, 0.29) is 0 Å². The molecule has 2 N–H and O–H groups in total. The molecule has 1 atom stereocenters. The third-order valence-corrected chi connectivity index (χ3v) is 4.50. The Morgan fingerprint density at radius 3 is 2.77 bits per heavy atom. The molecule has 1 aromatic rings. The number of aromatic nitrogens is 3. The molecule has 2 heterocycles. The molecule has 0 fully saturated rings. The van der Waals surface area contributed by atoms with Gasteiger partial charge in [-0.25, -0.2) is 9.67 Å². The number of hydrogen-bond donors (Lipinski definition) is 2. The van der Waals surface area contributed by atoms with E-state index in [2.05, 4.69) is 46.5 Å². The highest BCUT2D eigenvalue weighted by Gasteiger charge is 2.22. The van der Waals surface area contributed by atoms with Gasteiger partial charge < -0.3 is 10.6 Å². The summed E-state index contributed by atoms with van der Waals surface area (Å²) in [5, 5.41) is 11.5. The molecule has 0 aromatic carbocycles. The van der Waals surface area contributed by atoms with Crippen LogP contribution < -0.4 is 10.6 Å². The van der Waals surface area contributed by atoms with Gasteiger partial charge in [0.2, 0.25) is 0 Å². The second-order valence-electron chi connectivity index (χ2n) is 6.00. The summed E-state index contributed by atoms with van der Waals surface area (Å²) in [4.78, 5) is 8.91. The van der Waals surface area contributed by atoms with Gasteiger partial charge in [-0.15, -0.1) is 0 Å². The van der Waals surface area contributed by atoms with E-state index in [1.165, 1.54) is 12.8 Å². The van der Waals surface area contributed by atoms with Gasteiger partial charge in [0.15, 0.2) is 11.8 Å². The highest BCUT2D eigenvalue weighted by atomic mass is 15.4. The molecule has 1 unspecified atom stereocenters. The predicted octanol–water partition coefficient (Wildman–Crippen LogP) is 1.76. The molecule has 0 spiro atoms. The van der Waals surface area contributed by atoms with Crippen LogP contribution in [0.1, 0.15) is 51.7 Å². The molecular weight excluding hydrogens is 276 g/mol. The highest BCUT2D eigenvalue weighted by Crippen LogP contribution is 2.13. The first-order valence-corrected chi connectivity index (χ1v) is 8.59. The van der Waals surface area contributed by atoms with E-state index in [0.717, 1.165) is 50.0 Å². The van der Waals surface area contributed by atoms with E-state index in [9.17, 15) is 0 Å². The van der Waals surface area contributed by atoms with Crippen molar-refractivity contribution in [2.45, 2.75) is 65.5 Å². The van der Waals surface area contributed by atoms with Crippen molar-refractivity contribution in [3.8, 4) is 0 Å². The molecule has 0 saturated heterocycles. The molecule has 0 aliphatic carbocycles. The number of nitrogens with one attached hydrogen (secondary N) is 2. The summed E-state index contributed by atoms with van der Waals surface area (Å²) >= 11 is 0. The van der Waals surface area contributed by atoms with Gasteiger partial charge in [-0.05, 0) is 12.3 Å². The third-order valence-electron chi connectivity index (χ3n) is 4.50. The van der Waals surface area contributed by atoms with E-state index >= 15 is 0 Å². The van der Waals surface area contributed by atoms with Gasteiger partial charge in [0.1, 0.15) is 5.82 Å². The van der Waals surface area contributed by atoms with Crippen LogP contribution in [0, 0.1) is 5.92 Å². The smallest absolute Gasteiger partial charge is 0.191 e. The van der Waals surface area contributed by atoms with E-state index in [0.29, 0.717) is 12.0 Å². The molecule has 0 radical (unpaired) electrons. The summed E-state index contributed by atoms with van der Waals surface area (Å²) in [6.07, 6.45) is 5.36. The maximum atomic E-state index is 4.56. The Morgan fingerprint density at radius 1 is 1.36 bits per heavy atom. The lowest BCUT2D eigenvalue weighted by Crippen LogP contribution is -2.48. The van der Waals surface area contributed by atoms with Crippen molar-refractivity contribution < 1.29 is 0 Å². The monoisotopic (exact) mass is 306 g/mol. The molecule has 1 aliphatic heterocycles. The lowest BCUT2D eigenvalue weighted by atomic mass is 10.0. The van der Waals surface area contributed by atoms with Crippen molar-refractivity contribution in [2.24, 2.45) is 10.9 Å². The number of rotatable bonds is 6. The second kappa shape index (κ2) is 8.15. The third kappa shape index (κ3) is 4.21. The zero-order valence-corrected chi connectivity index (χ0v) is 14.4. The van der Waals surface area contributed by atoms with Crippen molar-refractivity contribution in [1.82, 2.24) is 25.4 Å². The Morgan fingerprint density at radius 2 is 2.14 bits per heavy atom. The summed E-state index contributed by atoms with van der Waals surface area (Å²) in [6, 6.07) is 0.367. The van der Waals surface area contributed by atoms with Crippen LogP contribution in [-0.4, -0.2) is 40.4 Å². The Kier molecular flexibility index (Phi) is 6.21. The minimum absolute atomic E-state index is 0.367. The highest BCUT2D eigenvalue weighted by molar-refractivity contribution is 5.79. The van der Waals surface area contributed by atoms with Crippen LogP contribution in [0.25, 0.3) is 0 Å². The van der Waals surface area contributed by atoms with Gasteiger partial charge in [0.05, 0.1) is 6.54 Å². The normalized spacial score (nSPS) is 18.4. The van der Waals surface area contributed by atoms with Crippen molar-refractivity contribution in [3.05, 3.63) is 11.6 Å². The Bertz CT molecular complexity index is 489. The molecule has 0 bridgehead atoms. The Balaban J connectivity index is 1.87. The van der Waals surface area contributed by atoms with Crippen molar-refractivity contribution in [1.29, 1.82) is 0 Å². The molecule has 6 nitrogen and oxygen atoms in total. The lowest BCUT2D eigenvalue weighted by molar-refractivity contribution is 0.390. The molecule has 0 saturated carbocycles. The van der Waals surface area contributed by atoms with Gasteiger partial charge >= 0.3 is 0 Å². The van der Waals surface area contributed by atoms with Crippen LogP contribution in [0.15, 0.2) is 4.99 Å². The molecule has 1 aliphatic rings. The number of aryl methyl sites for hydroxylation is 2. The van der Waals surface area contributed by atoms with Gasteiger partial charge in [-0.1, -0.05) is 33.6 Å². The lowest BCUT2D eigenvalue weighted by Gasteiger charge is -2.26. The second-order valence-corrected chi connectivity index (χ2v) is 6.00. The van der Waals surface area contributed by atoms with Crippen molar-refractivity contribution in [2.75, 3.05) is 13.6 Å². The largest absolute Gasteiger partial charge is 0.356 e. The standard InChI is InChI=1S/C16H30N6/c1-5-12(6-2)10-18-16(17-4)19-13-8-9-15-20-14(7-3)21-22(15)11-13/h12-13H,5-11H2,1-4H3,(H2,17,18,19). The van der Waals surface area contributed by atoms with Crippen molar-refractivity contribution >= 4 is 5.96 Å². The number of fused-ring (bicyclic) bond motifs is 1. The number of guanidine groups is 1. The molecule has 6 heteroatoms. The van der Waals surface area contributed by atoms with Crippen LogP contribution in [-0.2, 0) is 19.4 Å². The topological polar surface area (TPSA) is 67.1 Å². The maximum Gasteiger partial charge on any atom is 0.191 e. The van der Waals surface area contributed by atoms with Crippen LogP contribution in [0.5, 0.6) is 0 Å². The van der Waals surface area contributed by atoms with Gasteiger partial charge in [-0.3, -0.25) is 4.99 Å². The van der Waals surface area contributed by atoms with Gasteiger partial charge in [-0.2, -0.15) is 5.10 Å². The van der Waals surface area contributed by atoms with Crippen LogP contribution in [0.4, 0.5) is 0 Å². The average Bonchev–Trinajstić information content (AvgIpc) is 2.96. The first-order valence-electron chi connectivity index (χ1n) is 8.59. The quantitative estimate of drug-likeness (QED) is 0.621. The predicted molar refractivity (Wildman–Crippen MR) is 90.1 cm³/mol. The minimum atomic E-state index is 0.367. The maximum absolute atomic E-state index is 4.56. The van der Waals surface area contributed by atoms with Crippen LogP contribution in [0.2, 0.25) is 0 Å². The summed E-state index contributed by atoms with van der Waals surface area (Å²) in [6.45, 7) is 8.43. The molecule has 0 amide bonds. The number of nitrogens with zero attached hydrogens (tertiary/aromatic N) is 4. The number of aliphatic imine (C=N–C) groups is 1. The molecule has 22 heavy (non-hydrogen) atoms. The fraction of sp³-hybridized carbons (Fsp3) is 0.812. The zero-order chi connectivity index (χ0) is 15.9. The molecule has 1 aromatic heterocycles. The minimum Gasteiger partial charge on any atom is -0.356 e. The summed E-state index contributed by atoms with van der Waals surface area (Å²) < 4.78 is 2.05. The van der Waals surface area contributed by atoms with Gasteiger partial charge in [0, 0.05) is 32.5 Å². The first kappa shape index (κ1) is 16.8. The molecule has 124 valence electrons. The fourth-order valence-electron chi connectivity index (χ4n) is 2.83. The molecule has 2 rings (SSSR count). The first-order chi connectivity index (χ1) is 10.7. The zero-order valence-electron chi connectivity index (χ0n) is 14.4. The van der Waals surface area contributed by atoms with E-state index in [4.69, 9.17) is 0 Å². The summed E-state index contributed by atoms with van der Waals surface area (Å²) in [7, 11) is 1.83. The Labute approximate surface area is 133 Å². The van der Waals surface area contributed by atoms with Crippen LogP contribution in [0.3, 0.4) is 0 Å². The van der Waals surface area contributed by atoms with E-state index in [1.54, 1.807) is 0 Å². The fourth-order valence-corrected chi connectivity index (χ4v) is 2.83.